The van der Waals surface area contributed by atoms with Crippen molar-refractivity contribution in [1.82, 2.24) is 4.98 Å². The summed E-state index contributed by atoms with van der Waals surface area (Å²) in [5.41, 5.74) is 3.12. The molecule has 470 valence electrons. The molecular formula is C88H75NO3P4. The molecule has 0 aliphatic heterocycles. The smallest absolute Gasteiger partial charge is 0.227 e. The maximum Gasteiger partial charge on any atom is 0.227 e. The number of aromatic hydroxyl groups is 2. The maximum atomic E-state index is 9.74. The minimum atomic E-state index is -0.446. The van der Waals surface area contributed by atoms with Gasteiger partial charge in [-0.2, -0.15) is 0 Å². The quantitative estimate of drug-likeness (QED) is 0.100. The number of benzene rings is 14. The topological polar surface area (TPSA) is 66.5 Å². The van der Waals surface area contributed by atoms with Crippen LogP contribution in [-0.2, 0) is 6.42 Å². The summed E-state index contributed by atoms with van der Waals surface area (Å²) in [4.78, 5) is 4.41. The lowest BCUT2D eigenvalue weighted by atomic mass is 10.1. The average Bonchev–Trinajstić information content (AvgIpc) is 1.68. The Hall–Kier alpha value is -10.1. The first-order valence-corrected chi connectivity index (χ1v) is 37.6. The van der Waals surface area contributed by atoms with Crippen LogP contribution in [0.4, 0.5) is 0 Å². The molecule has 0 radical (unpaired) electrons. The summed E-state index contributed by atoms with van der Waals surface area (Å²) in [6, 6.07) is 139. The molecule has 0 aliphatic carbocycles. The first-order valence-electron chi connectivity index (χ1n) is 32.2. The van der Waals surface area contributed by atoms with Gasteiger partial charge in [0.2, 0.25) is 5.89 Å². The highest BCUT2D eigenvalue weighted by Gasteiger charge is 2.20. The zero-order valence-electron chi connectivity index (χ0n) is 53.6. The van der Waals surface area contributed by atoms with Crippen molar-refractivity contribution in [3.63, 3.8) is 0 Å². The van der Waals surface area contributed by atoms with Gasteiger partial charge in [0.25, 0.3) is 0 Å². The average molecular weight is 1320 g/mol. The van der Waals surface area contributed by atoms with Crippen molar-refractivity contribution in [2.75, 3.05) is 0 Å². The van der Waals surface area contributed by atoms with Gasteiger partial charge in [-0.05, 0) is 132 Å². The van der Waals surface area contributed by atoms with Crippen LogP contribution < -0.4 is 63.7 Å². The standard InChI is InChI=1S/4C18H15P.C16H15NO3/c4*1-4-10-16(11-5-1)19(17-12-6-2-7-13-17)18-14-8-3-9-15-18;1-2-3-11-8-13(19)9-14-15(11)20-16(17-14)10-4-6-12(18)7-5-10/h4*1-15H;4-9,18-19H,2-3H2,1H3. The monoisotopic (exact) mass is 1320 g/mol. The molecule has 0 unspecified atom stereocenters. The van der Waals surface area contributed by atoms with E-state index in [0.29, 0.717) is 17.0 Å². The third kappa shape index (κ3) is 18.8. The van der Waals surface area contributed by atoms with Gasteiger partial charge < -0.3 is 14.6 Å². The lowest BCUT2D eigenvalue weighted by Gasteiger charge is -2.18. The van der Waals surface area contributed by atoms with Crippen molar-refractivity contribution < 1.29 is 14.6 Å². The molecule has 8 heteroatoms. The van der Waals surface area contributed by atoms with Crippen LogP contribution in [0.3, 0.4) is 0 Å². The molecule has 96 heavy (non-hydrogen) atoms. The fourth-order valence-electron chi connectivity index (χ4n) is 11.0. The summed E-state index contributed by atoms with van der Waals surface area (Å²) in [6.07, 6.45) is 1.79. The Balaban J connectivity index is 0.000000122. The van der Waals surface area contributed by atoms with Crippen LogP contribution in [-0.4, -0.2) is 15.2 Å². The Morgan fingerprint density at radius 2 is 0.469 bits per heavy atom. The van der Waals surface area contributed by atoms with Gasteiger partial charge in [0, 0.05) is 17.2 Å². The first-order chi connectivity index (χ1) is 47.5. The predicted octanol–water partition coefficient (Wildman–Crippen LogP) is 17.6. The highest BCUT2D eigenvalue weighted by Crippen LogP contribution is 2.36. The Kier molecular flexibility index (Phi) is 25.2. The minimum absolute atomic E-state index is 0.200. The van der Waals surface area contributed by atoms with Gasteiger partial charge in [-0.1, -0.05) is 377 Å². The second-order valence-electron chi connectivity index (χ2n) is 22.1. The maximum absolute atomic E-state index is 9.74. The third-order valence-electron chi connectivity index (χ3n) is 15.4. The second-order valence-corrected chi connectivity index (χ2v) is 31.0. The molecule has 0 fully saturated rings. The van der Waals surface area contributed by atoms with E-state index in [0.717, 1.165) is 24.0 Å². The molecule has 0 saturated carbocycles. The van der Waals surface area contributed by atoms with Crippen LogP contribution in [0.2, 0.25) is 0 Å². The van der Waals surface area contributed by atoms with E-state index in [1.165, 1.54) is 63.7 Å². The number of hydrogen-bond donors (Lipinski definition) is 2. The molecule has 15 aromatic rings. The van der Waals surface area contributed by atoms with E-state index >= 15 is 0 Å². The summed E-state index contributed by atoms with van der Waals surface area (Å²) in [6.45, 7) is 2.08. The molecule has 0 spiro atoms. The lowest BCUT2D eigenvalue weighted by Crippen LogP contribution is -2.20. The van der Waals surface area contributed by atoms with Crippen LogP contribution in [0, 0.1) is 0 Å². The molecule has 15 rings (SSSR count). The SMILES string of the molecule is CCCc1cc(O)cc2nc(-c3ccc(O)cc3)oc12.c1ccc(P(c2ccccc2)c2ccccc2)cc1.c1ccc(P(c2ccccc2)c2ccccc2)cc1.c1ccc(P(c2ccccc2)c2ccccc2)cc1.c1ccc(P(c2ccccc2)c2ccccc2)cc1. The summed E-state index contributed by atoms with van der Waals surface area (Å²) < 4.78 is 5.83. The number of phenolic OH excluding ortho intramolecular Hbond substituents is 2. The van der Waals surface area contributed by atoms with Crippen LogP contribution in [0.15, 0.2) is 405 Å². The number of aryl methyl sites for hydroxylation is 1. The summed E-state index contributed by atoms with van der Waals surface area (Å²) >= 11 is 0. The van der Waals surface area contributed by atoms with Crippen LogP contribution in [0.25, 0.3) is 22.6 Å². The van der Waals surface area contributed by atoms with Gasteiger partial charge >= 0.3 is 0 Å². The number of fused-ring (bicyclic) bond motifs is 1. The number of rotatable bonds is 15. The van der Waals surface area contributed by atoms with E-state index in [1.54, 1.807) is 36.4 Å². The fraction of sp³-hybridized carbons (Fsp3) is 0.0341. The van der Waals surface area contributed by atoms with Crippen molar-refractivity contribution in [3.8, 4) is 23.0 Å². The lowest BCUT2D eigenvalue weighted by molar-refractivity contribution is 0.474. The zero-order chi connectivity index (χ0) is 65.8. The van der Waals surface area contributed by atoms with E-state index < -0.39 is 31.7 Å². The Bertz CT molecular complexity index is 3780. The first kappa shape index (κ1) is 67.3. The van der Waals surface area contributed by atoms with Gasteiger partial charge in [-0.3, -0.25) is 0 Å². The molecule has 1 heterocycles. The number of aromatic nitrogens is 1. The van der Waals surface area contributed by atoms with Crippen LogP contribution in [0.5, 0.6) is 11.5 Å². The summed E-state index contributed by atoms with van der Waals surface area (Å²) in [5, 5.41) is 35.8. The molecule has 14 aromatic carbocycles. The summed E-state index contributed by atoms with van der Waals surface area (Å²) in [5.74, 6) is 0.892. The summed E-state index contributed by atoms with van der Waals surface area (Å²) in [7, 11) is -1.78. The molecule has 0 atom stereocenters. The van der Waals surface area contributed by atoms with Crippen molar-refractivity contribution in [3.05, 3.63) is 406 Å². The third-order valence-corrected chi connectivity index (χ3v) is 25.1. The fourth-order valence-corrected chi connectivity index (χ4v) is 20.2. The Morgan fingerprint density at radius 3 is 0.667 bits per heavy atom. The van der Waals surface area contributed by atoms with E-state index in [1.807, 2.05) is 0 Å². The van der Waals surface area contributed by atoms with E-state index in [9.17, 15) is 10.2 Å². The molecule has 4 nitrogen and oxygen atoms in total. The molecular weight excluding hydrogens is 1240 g/mol. The molecule has 0 aliphatic rings. The number of hydrogen-bond acceptors (Lipinski definition) is 4. The highest BCUT2D eigenvalue weighted by atomic mass is 31.1. The zero-order valence-corrected chi connectivity index (χ0v) is 57.1. The van der Waals surface area contributed by atoms with E-state index in [4.69, 9.17) is 4.42 Å². The van der Waals surface area contributed by atoms with Crippen molar-refractivity contribution in [1.29, 1.82) is 0 Å². The largest absolute Gasteiger partial charge is 0.508 e. The van der Waals surface area contributed by atoms with Crippen LogP contribution in [0.1, 0.15) is 18.9 Å². The van der Waals surface area contributed by atoms with E-state index in [2.05, 4.69) is 376 Å². The highest BCUT2D eigenvalue weighted by molar-refractivity contribution is 7.81. The van der Waals surface area contributed by atoms with Crippen molar-refractivity contribution >= 4 is 106 Å². The predicted molar refractivity (Wildman–Crippen MR) is 417 cm³/mol. The molecule has 1 aromatic heterocycles. The van der Waals surface area contributed by atoms with E-state index in [-0.39, 0.29) is 11.5 Å². The van der Waals surface area contributed by atoms with Gasteiger partial charge in [0.15, 0.2) is 5.58 Å². The van der Waals surface area contributed by atoms with Crippen molar-refractivity contribution in [2.45, 2.75) is 19.8 Å². The Morgan fingerprint density at radius 1 is 0.260 bits per heavy atom. The Labute approximate surface area is 571 Å². The molecule has 0 bridgehead atoms. The minimum Gasteiger partial charge on any atom is -0.508 e. The van der Waals surface area contributed by atoms with Gasteiger partial charge in [0.1, 0.15) is 17.0 Å². The number of nitrogens with zero attached hydrogens (tertiary/aromatic N) is 1. The van der Waals surface area contributed by atoms with Crippen LogP contribution >= 0.6 is 31.7 Å². The molecule has 0 amide bonds. The van der Waals surface area contributed by atoms with Gasteiger partial charge in [-0.25, -0.2) is 4.98 Å². The second kappa shape index (κ2) is 35.9. The number of phenols is 2. The van der Waals surface area contributed by atoms with Crippen molar-refractivity contribution in [2.24, 2.45) is 0 Å². The van der Waals surface area contributed by atoms with Gasteiger partial charge in [-0.15, -0.1) is 0 Å². The molecule has 2 N–H and O–H groups in total. The molecule has 0 saturated heterocycles. The van der Waals surface area contributed by atoms with Gasteiger partial charge in [0.05, 0.1) is 0 Å². The number of oxazole rings is 1. The normalized spacial score (nSPS) is 10.7.